The van der Waals surface area contributed by atoms with Gasteiger partial charge in [-0.1, -0.05) is 0 Å². The van der Waals surface area contributed by atoms with Gasteiger partial charge in [-0.05, 0) is 74.2 Å². The van der Waals surface area contributed by atoms with Gasteiger partial charge >= 0.3 is 0 Å². The molecule has 2 rings (SSSR count). The zero-order valence-electron chi connectivity index (χ0n) is 17.1. The van der Waals surface area contributed by atoms with Gasteiger partial charge in [-0.2, -0.15) is 0 Å². The molecule has 0 amide bonds. The van der Waals surface area contributed by atoms with E-state index in [0.717, 1.165) is 59.8 Å². The number of hydrogen-bond acceptors (Lipinski definition) is 6. The van der Waals surface area contributed by atoms with Crippen LogP contribution in [-0.2, 0) is 0 Å². The first-order valence-electron chi connectivity index (χ1n) is 9.90. The standard InChI is InChI=1S/C22H34N4O2/c1-17-15-19(5-7-21(17)23)25(11-13-27)9-3-4-10-26(12-14-28)20-6-8-22(24)18(2)16-20/h5-8,15-16,27-28H,3-4,9-14,23-24H2,1-2H3. The maximum Gasteiger partial charge on any atom is 0.0606 e. The summed E-state index contributed by atoms with van der Waals surface area (Å²) in [6, 6.07) is 12.0. The normalized spacial score (nSPS) is 10.9. The Hall–Kier alpha value is -2.44. The van der Waals surface area contributed by atoms with Gasteiger partial charge in [0, 0.05) is 48.9 Å². The molecular weight excluding hydrogens is 352 g/mol. The fourth-order valence-electron chi connectivity index (χ4n) is 3.30. The highest BCUT2D eigenvalue weighted by Gasteiger charge is 2.10. The molecule has 0 heterocycles. The number of aryl methyl sites for hydroxylation is 2. The van der Waals surface area contributed by atoms with Crippen molar-refractivity contribution in [2.24, 2.45) is 0 Å². The second kappa shape index (κ2) is 10.8. The molecule has 6 heteroatoms. The minimum absolute atomic E-state index is 0.116. The summed E-state index contributed by atoms with van der Waals surface area (Å²) in [5.74, 6) is 0. The Morgan fingerprint density at radius 3 is 1.39 bits per heavy atom. The second-order valence-corrected chi connectivity index (χ2v) is 7.21. The van der Waals surface area contributed by atoms with Gasteiger partial charge in [0.1, 0.15) is 0 Å². The van der Waals surface area contributed by atoms with Crippen LogP contribution in [0.25, 0.3) is 0 Å². The first kappa shape index (κ1) is 21.9. The third-order valence-electron chi connectivity index (χ3n) is 5.08. The maximum atomic E-state index is 9.42. The molecule has 0 saturated carbocycles. The van der Waals surface area contributed by atoms with Crippen LogP contribution in [0.1, 0.15) is 24.0 Å². The number of aliphatic hydroxyl groups is 2. The Morgan fingerprint density at radius 2 is 1.07 bits per heavy atom. The highest BCUT2D eigenvalue weighted by Crippen LogP contribution is 2.22. The Kier molecular flexibility index (Phi) is 8.42. The van der Waals surface area contributed by atoms with Gasteiger partial charge in [-0.25, -0.2) is 0 Å². The smallest absolute Gasteiger partial charge is 0.0606 e. The fourth-order valence-corrected chi connectivity index (χ4v) is 3.30. The lowest BCUT2D eigenvalue weighted by atomic mass is 10.1. The number of nitrogens with two attached hydrogens (primary N) is 2. The highest BCUT2D eigenvalue weighted by atomic mass is 16.3. The minimum atomic E-state index is 0.116. The molecule has 0 aromatic heterocycles. The van der Waals surface area contributed by atoms with Crippen molar-refractivity contribution in [3.05, 3.63) is 47.5 Å². The molecule has 0 unspecified atom stereocenters. The predicted octanol–water partition coefficient (Wildman–Crippen LogP) is 2.55. The zero-order valence-corrected chi connectivity index (χ0v) is 17.1. The molecule has 6 N–H and O–H groups in total. The van der Waals surface area contributed by atoms with Crippen LogP contribution in [0.5, 0.6) is 0 Å². The molecule has 0 aliphatic rings. The van der Waals surface area contributed by atoms with E-state index in [1.807, 2.05) is 38.1 Å². The molecule has 6 nitrogen and oxygen atoms in total. The minimum Gasteiger partial charge on any atom is -0.399 e. The molecule has 0 radical (unpaired) electrons. The van der Waals surface area contributed by atoms with Crippen molar-refractivity contribution in [3.8, 4) is 0 Å². The molecule has 2 aromatic rings. The SMILES string of the molecule is Cc1cc(N(CCO)CCCCN(CCO)c2ccc(N)c(C)c2)ccc1N. The van der Waals surface area contributed by atoms with Crippen LogP contribution in [0.2, 0.25) is 0 Å². The molecule has 2 aromatic carbocycles. The van der Waals surface area contributed by atoms with E-state index in [4.69, 9.17) is 11.5 Å². The largest absolute Gasteiger partial charge is 0.399 e. The summed E-state index contributed by atoms with van der Waals surface area (Å²) < 4.78 is 0. The van der Waals surface area contributed by atoms with Crippen molar-refractivity contribution in [3.63, 3.8) is 0 Å². The van der Waals surface area contributed by atoms with E-state index in [1.54, 1.807) is 0 Å². The lowest BCUT2D eigenvalue weighted by molar-refractivity contribution is 0.299. The molecule has 28 heavy (non-hydrogen) atoms. The van der Waals surface area contributed by atoms with Crippen LogP contribution in [0.15, 0.2) is 36.4 Å². The van der Waals surface area contributed by atoms with Crippen LogP contribution in [0.3, 0.4) is 0 Å². The van der Waals surface area contributed by atoms with Crippen molar-refractivity contribution < 1.29 is 10.2 Å². The van der Waals surface area contributed by atoms with E-state index in [1.165, 1.54) is 0 Å². The van der Waals surface area contributed by atoms with Crippen molar-refractivity contribution in [1.29, 1.82) is 0 Å². The third-order valence-corrected chi connectivity index (χ3v) is 5.08. The van der Waals surface area contributed by atoms with Crippen LogP contribution in [0.4, 0.5) is 22.7 Å². The Balaban J connectivity index is 1.94. The lowest BCUT2D eigenvalue weighted by Crippen LogP contribution is -2.30. The van der Waals surface area contributed by atoms with Gasteiger partial charge in [-0.3, -0.25) is 0 Å². The molecule has 0 fully saturated rings. The van der Waals surface area contributed by atoms with E-state index >= 15 is 0 Å². The summed E-state index contributed by atoms with van der Waals surface area (Å²) in [4.78, 5) is 4.38. The van der Waals surface area contributed by atoms with Gasteiger partial charge in [-0.15, -0.1) is 0 Å². The third kappa shape index (κ3) is 6.04. The van der Waals surface area contributed by atoms with E-state index in [0.29, 0.717) is 13.1 Å². The lowest BCUT2D eigenvalue weighted by Gasteiger charge is -2.27. The molecule has 0 atom stereocenters. The summed E-state index contributed by atoms with van der Waals surface area (Å²) >= 11 is 0. The van der Waals surface area contributed by atoms with Gasteiger partial charge < -0.3 is 31.5 Å². The van der Waals surface area contributed by atoms with Gasteiger partial charge in [0.15, 0.2) is 0 Å². The number of aliphatic hydroxyl groups excluding tert-OH is 2. The molecule has 0 aliphatic heterocycles. The Labute approximate surface area is 168 Å². The molecule has 154 valence electrons. The number of nitrogens with zero attached hydrogens (tertiary/aromatic N) is 2. The number of rotatable bonds is 11. The molecule has 0 aliphatic carbocycles. The van der Waals surface area contributed by atoms with Gasteiger partial charge in [0.25, 0.3) is 0 Å². The number of benzene rings is 2. The van der Waals surface area contributed by atoms with Crippen LogP contribution in [0, 0.1) is 13.8 Å². The van der Waals surface area contributed by atoms with Crippen LogP contribution < -0.4 is 21.3 Å². The number of unbranched alkanes of at least 4 members (excludes halogenated alkanes) is 1. The van der Waals surface area contributed by atoms with Gasteiger partial charge in [0.2, 0.25) is 0 Å². The summed E-state index contributed by atoms with van der Waals surface area (Å²) in [7, 11) is 0. The average Bonchev–Trinajstić information content (AvgIpc) is 2.68. The van der Waals surface area contributed by atoms with Crippen LogP contribution in [-0.4, -0.2) is 49.6 Å². The van der Waals surface area contributed by atoms with E-state index in [9.17, 15) is 10.2 Å². The van der Waals surface area contributed by atoms with E-state index in [-0.39, 0.29) is 13.2 Å². The van der Waals surface area contributed by atoms with E-state index in [2.05, 4.69) is 21.9 Å². The number of anilines is 4. The summed E-state index contributed by atoms with van der Waals surface area (Å²) in [5, 5.41) is 18.8. The van der Waals surface area contributed by atoms with Crippen molar-refractivity contribution >= 4 is 22.7 Å². The summed E-state index contributed by atoms with van der Waals surface area (Å²) in [6.07, 6.45) is 1.97. The average molecular weight is 387 g/mol. The fraction of sp³-hybridized carbons (Fsp3) is 0.455. The van der Waals surface area contributed by atoms with Crippen molar-refractivity contribution in [1.82, 2.24) is 0 Å². The molecular formula is C22H34N4O2. The maximum absolute atomic E-state index is 9.42. The Morgan fingerprint density at radius 1 is 0.679 bits per heavy atom. The highest BCUT2D eigenvalue weighted by molar-refractivity contribution is 5.59. The first-order valence-corrected chi connectivity index (χ1v) is 9.90. The summed E-state index contributed by atoms with van der Waals surface area (Å²) in [5.41, 5.74) is 17.7. The molecule has 0 spiro atoms. The number of nitrogen functional groups attached to an aromatic ring is 2. The Bertz CT molecular complexity index is 688. The summed E-state index contributed by atoms with van der Waals surface area (Å²) in [6.45, 7) is 7.14. The van der Waals surface area contributed by atoms with Crippen molar-refractivity contribution in [2.75, 3.05) is 60.7 Å². The monoisotopic (exact) mass is 386 g/mol. The van der Waals surface area contributed by atoms with E-state index < -0.39 is 0 Å². The topological polar surface area (TPSA) is 99.0 Å². The molecule has 0 saturated heterocycles. The van der Waals surface area contributed by atoms with Gasteiger partial charge in [0.05, 0.1) is 13.2 Å². The predicted molar refractivity (Wildman–Crippen MR) is 119 cm³/mol. The van der Waals surface area contributed by atoms with Crippen LogP contribution >= 0.6 is 0 Å². The van der Waals surface area contributed by atoms with Crippen molar-refractivity contribution in [2.45, 2.75) is 26.7 Å². The second-order valence-electron chi connectivity index (χ2n) is 7.21. The quantitative estimate of drug-likeness (QED) is 0.350. The zero-order chi connectivity index (χ0) is 20.5. The first-order chi connectivity index (χ1) is 13.5. The number of hydrogen-bond donors (Lipinski definition) is 4. The molecule has 0 bridgehead atoms.